The maximum absolute atomic E-state index is 6.16. The zero-order chi connectivity index (χ0) is 14.2. The van der Waals surface area contributed by atoms with Crippen LogP contribution in [0.5, 0.6) is 0 Å². The first kappa shape index (κ1) is 17.8. The average Bonchev–Trinajstić information content (AvgIpc) is 2.18. The zero-order valence-corrected chi connectivity index (χ0v) is 14.0. The molecule has 1 heteroatoms. The summed E-state index contributed by atoms with van der Waals surface area (Å²) < 4.78 is 0. The summed E-state index contributed by atoms with van der Waals surface area (Å²) in [6, 6.07) is 0. The molecule has 0 nitrogen and oxygen atoms in total. The van der Waals surface area contributed by atoms with Gasteiger partial charge in [-0.1, -0.05) is 71.6 Å². The van der Waals surface area contributed by atoms with Gasteiger partial charge in [0.25, 0.3) is 0 Å². The van der Waals surface area contributed by atoms with Gasteiger partial charge in [-0.3, -0.25) is 0 Å². The van der Waals surface area contributed by atoms with Crippen molar-refractivity contribution < 1.29 is 0 Å². The van der Waals surface area contributed by atoms with E-state index in [1.807, 2.05) is 13.8 Å². The molecule has 1 atom stereocenters. The van der Waals surface area contributed by atoms with Crippen LogP contribution >= 0.6 is 11.6 Å². The lowest BCUT2D eigenvalue weighted by atomic mass is 9.78. The van der Waals surface area contributed by atoms with Crippen LogP contribution in [0, 0.1) is 23.2 Å². The van der Waals surface area contributed by atoms with E-state index in [-0.39, 0.29) is 5.41 Å². The molecular formula is C17H31Cl. The number of hydrogen-bond acceptors (Lipinski definition) is 0. The summed E-state index contributed by atoms with van der Waals surface area (Å²) in [5.74, 6) is 7.06. The fourth-order valence-corrected chi connectivity index (χ4v) is 1.99. The third kappa shape index (κ3) is 9.84. The van der Waals surface area contributed by atoms with Crippen molar-refractivity contribution in [3.8, 4) is 11.8 Å². The molecule has 0 aliphatic carbocycles. The van der Waals surface area contributed by atoms with Gasteiger partial charge in [0.05, 0.1) is 4.87 Å². The van der Waals surface area contributed by atoms with Crippen LogP contribution in [0.1, 0.15) is 80.1 Å². The Bertz CT molecular complexity index is 267. The first-order valence-corrected chi connectivity index (χ1v) is 7.76. The highest BCUT2D eigenvalue weighted by atomic mass is 35.5. The minimum absolute atomic E-state index is 0.250. The molecule has 0 aromatic rings. The normalized spacial score (nSPS) is 13.9. The molecule has 0 heterocycles. The largest absolute Gasteiger partial charge is 0.106 e. The molecule has 0 rings (SSSR count). The van der Waals surface area contributed by atoms with Crippen molar-refractivity contribution in [2.24, 2.45) is 11.3 Å². The molecule has 0 aromatic carbocycles. The third-order valence-electron chi connectivity index (χ3n) is 3.19. The van der Waals surface area contributed by atoms with Crippen molar-refractivity contribution in [3.05, 3.63) is 0 Å². The van der Waals surface area contributed by atoms with E-state index in [4.69, 9.17) is 11.6 Å². The molecule has 0 aromatic heterocycles. The summed E-state index contributed by atoms with van der Waals surface area (Å²) in [6.07, 6.45) is 7.87. The van der Waals surface area contributed by atoms with Crippen LogP contribution in [0.15, 0.2) is 0 Å². The highest BCUT2D eigenvalue weighted by Gasteiger charge is 2.22. The van der Waals surface area contributed by atoms with Crippen molar-refractivity contribution in [3.63, 3.8) is 0 Å². The van der Waals surface area contributed by atoms with E-state index in [1.165, 1.54) is 38.5 Å². The van der Waals surface area contributed by atoms with Gasteiger partial charge >= 0.3 is 0 Å². The van der Waals surface area contributed by atoms with E-state index in [9.17, 15) is 0 Å². The summed E-state index contributed by atoms with van der Waals surface area (Å²) in [6.45, 7) is 13.0. The summed E-state index contributed by atoms with van der Waals surface area (Å²) in [5, 5.41) is 0. The van der Waals surface area contributed by atoms with Gasteiger partial charge in [-0.25, -0.2) is 0 Å². The standard InChI is InChI=1S/C17H31Cl/c1-7-8-9-10-11-12-15(16(2,3)4)13-14-17(5,6)18/h15H,7-12H2,1-6H3. The minimum Gasteiger partial charge on any atom is -0.106 e. The summed E-state index contributed by atoms with van der Waals surface area (Å²) in [5.41, 5.74) is 0.250. The van der Waals surface area contributed by atoms with Crippen LogP contribution in [0.3, 0.4) is 0 Å². The Morgan fingerprint density at radius 3 is 1.94 bits per heavy atom. The van der Waals surface area contributed by atoms with Crippen LogP contribution in [0.25, 0.3) is 0 Å². The maximum Gasteiger partial charge on any atom is 0.0993 e. The first-order chi connectivity index (χ1) is 8.17. The highest BCUT2D eigenvalue weighted by Crippen LogP contribution is 2.30. The monoisotopic (exact) mass is 270 g/mol. The Morgan fingerprint density at radius 2 is 1.50 bits per heavy atom. The molecule has 0 bridgehead atoms. The van der Waals surface area contributed by atoms with Gasteiger partial charge in [0.2, 0.25) is 0 Å². The number of alkyl halides is 1. The number of halogens is 1. The second kappa shape index (κ2) is 8.11. The van der Waals surface area contributed by atoms with E-state index < -0.39 is 4.87 Å². The Morgan fingerprint density at radius 1 is 0.944 bits per heavy atom. The van der Waals surface area contributed by atoms with Crippen LogP contribution in [0.2, 0.25) is 0 Å². The number of hydrogen-bond donors (Lipinski definition) is 0. The van der Waals surface area contributed by atoms with Gasteiger partial charge in [0.1, 0.15) is 0 Å². The molecule has 1 unspecified atom stereocenters. The second-order valence-corrected chi connectivity index (χ2v) is 7.81. The van der Waals surface area contributed by atoms with E-state index in [2.05, 4.69) is 39.5 Å². The summed E-state index contributed by atoms with van der Waals surface area (Å²) in [4.78, 5) is -0.397. The molecule has 0 aliphatic rings. The predicted octanol–water partition coefficient (Wildman–Crippen LogP) is 6.03. The third-order valence-corrected chi connectivity index (χ3v) is 3.28. The molecular weight excluding hydrogens is 240 g/mol. The van der Waals surface area contributed by atoms with Crippen molar-refractivity contribution in [2.75, 3.05) is 0 Å². The molecule has 106 valence electrons. The van der Waals surface area contributed by atoms with E-state index >= 15 is 0 Å². The van der Waals surface area contributed by atoms with Gasteiger partial charge in [0, 0.05) is 5.92 Å². The quantitative estimate of drug-likeness (QED) is 0.314. The molecule has 0 aliphatic heterocycles. The molecule has 0 N–H and O–H groups in total. The molecule has 0 fully saturated rings. The SMILES string of the molecule is CCCCCCCC(C#CC(C)(C)Cl)C(C)(C)C. The summed E-state index contributed by atoms with van der Waals surface area (Å²) >= 11 is 6.16. The fourth-order valence-electron chi connectivity index (χ4n) is 1.93. The lowest BCUT2D eigenvalue weighted by molar-refractivity contribution is 0.280. The molecule has 0 radical (unpaired) electrons. The zero-order valence-electron chi connectivity index (χ0n) is 13.2. The number of unbranched alkanes of at least 4 members (excludes halogenated alkanes) is 4. The van der Waals surface area contributed by atoms with E-state index in [1.54, 1.807) is 0 Å². The van der Waals surface area contributed by atoms with Gasteiger partial charge in [-0.05, 0) is 25.7 Å². The van der Waals surface area contributed by atoms with Gasteiger partial charge in [-0.2, -0.15) is 0 Å². The lowest BCUT2D eigenvalue weighted by Crippen LogP contribution is -2.20. The average molecular weight is 271 g/mol. The molecule has 0 saturated heterocycles. The molecule has 0 amide bonds. The van der Waals surface area contributed by atoms with E-state index in [0.717, 1.165) is 0 Å². The fraction of sp³-hybridized carbons (Fsp3) is 0.882. The Kier molecular flexibility index (Phi) is 8.04. The smallest absolute Gasteiger partial charge is 0.0993 e. The van der Waals surface area contributed by atoms with Crippen LogP contribution < -0.4 is 0 Å². The lowest BCUT2D eigenvalue weighted by Gasteiger charge is -2.26. The van der Waals surface area contributed by atoms with Gasteiger partial charge < -0.3 is 0 Å². The molecule has 18 heavy (non-hydrogen) atoms. The Labute approximate surface area is 120 Å². The second-order valence-electron chi connectivity index (χ2n) is 6.86. The predicted molar refractivity (Wildman–Crippen MR) is 84.0 cm³/mol. The van der Waals surface area contributed by atoms with Crippen molar-refractivity contribution in [1.29, 1.82) is 0 Å². The van der Waals surface area contributed by atoms with Crippen molar-refractivity contribution in [2.45, 2.75) is 84.9 Å². The number of rotatable bonds is 6. The molecule has 0 spiro atoms. The summed E-state index contributed by atoms with van der Waals surface area (Å²) in [7, 11) is 0. The Hall–Kier alpha value is -0.150. The van der Waals surface area contributed by atoms with Crippen LogP contribution in [-0.4, -0.2) is 4.87 Å². The topological polar surface area (TPSA) is 0 Å². The van der Waals surface area contributed by atoms with Crippen molar-refractivity contribution in [1.82, 2.24) is 0 Å². The maximum atomic E-state index is 6.16. The Balaban J connectivity index is 4.30. The minimum atomic E-state index is -0.397. The first-order valence-electron chi connectivity index (χ1n) is 7.38. The van der Waals surface area contributed by atoms with Crippen LogP contribution in [0.4, 0.5) is 0 Å². The highest BCUT2D eigenvalue weighted by molar-refractivity contribution is 6.25. The molecule has 0 saturated carbocycles. The van der Waals surface area contributed by atoms with Gasteiger partial charge in [-0.15, -0.1) is 11.6 Å². The van der Waals surface area contributed by atoms with Crippen molar-refractivity contribution >= 4 is 11.6 Å². The van der Waals surface area contributed by atoms with Crippen LogP contribution in [-0.2, 0) is 0 Å². The van der Waals surface area contributed by atoms with Gasteiger partial charge in [0.15, 0.2) is 0 Å². The van der Waals surface area contributed by atoms with E-state index in [0.29, 0.717) is 5.92 Å².